The zero-order chi connectivity index (χ0) is 21.3. The zero-order valence-electron chi connectivity index (χ0n) is 16.3. The van der Waals surface area contributed by atoms with Crippen molar-refractivity contribution in [1.82, 2.24) is 10.3 Å². The highest BCUT2D eigenvalue weighted by Crippen LogP contribution is 2.23. The highest BCUT2D eigenvalue weighted by Gasteiger charge is 2.23. The van der Waals surface area contributed by atoms with E-state index in [1.807, 2.05) is 42.0 Å². The van der Waals surface area contributed by atoms with E-state index in [9.17, 15) is 9.59 Å². The molecule has 1 amide bonds. The Balaban J connectivity index is 1.60. The second-order valence-corrected chi connectivity index (χ2v) is 8.71. The fraction of sp³-hybridized carbons (Fsp3) is 0.227. The predicted octanol–water partition coefficient (Wildman–Crippen LogP) is 5.06. The van der Waals surface area contributed by atoms with E-state index < -0.39 is 12.0 Å². The number of carbonyl (C=O) groups is 2. The summed E-state index contributed by atoms with van der Waals surface area (Å²) in [6, 6.07) is 15.6. The van der Waals surface area contributed by atoms with Crippen LogP contribution in [0.15, 0.2) is 60.0 Å². The van der Waals surface area contributed by atoms with E-state index in [1.54, 1.807) is 36.0 Å². The molecule has 0 aliphatic rings. The minimum Gasteiger partial charge on any atom is -0.458 e. The van der Waals surface area contributed by atoms with Gasteiger partial charge in [0.2, 0.25) is 0 Å². The molecule has 0 spiro atoms. The van der Waals surface area contributed by atoms with Crippen molar-refractivity contribution >= 4 is 46.6 Å². The van der Waals surface area contributed by atoms with Gasteiger partial charge in [0.05, 0.1) is 5.69 Å². The smallest absolute Gasteiger partial charge is 0.329 e. The van der Waals surface area contributed by atoms with Gasteiger partial charge in [0.15, 0.2) is 0 Å². The summed E-state index contributed by atoms with van der Waals surface area (Å²) in [5.74, 6) is -0.0921. The summed E-state index contributed by atoms with van der Waals surface area (Å²) >= 11 is 8.97. The first kappa shape index (κ1) is 22.3. The number of nitrogens with one attached hydrogen (secondary N) is 1. The van der Waals surface area contributed by atoms with Gasteiger partial charge in [0, 0.05) is 21.5 Å². The molecular formula is C22H21ClN2O3S2. The molecule has 0 radical (unpaired) electrons. The molecule has 1 aromatic heterocycles. The average molecular weight is 461 g/mol. The minimum atomic E-state index is -0.729. The molecule has 8 heteroatoms. The molecule has 0 aliphatic carbocycles. The summed E-state index contributed by atoms with van der Waals surface area (Å²) in [5.41, 5.74) is 2.14. The van der Waals surface area contributed by atoms with Gasteiger partial charge >= 0.3 is 5.97 Å². The third-order valence-electron chi connectivity index (χ3n) is 4.24. The quantitative estimate of drug-likeness (QED) is 0.452. The van der Waals surface area contributed by atoms with Gasteiger partial charge in [-0.2, -0.15) is 11.8 Å². The molecule has 3 aromatic rings. The molecule has 156 valence electrons. The summed E-state index contributed by atoms with van der Waals surface area (Å²) in [6.07, 6.45) is 2.43. The Labute approximate surface area is 188 Å². The molecule has 0 saturated carbocycles. The van der Waals surface area contributed by atoms with Gasteiger partial charge in [-0.05, 0) is 42.7 Å². The number of rotatable bonds is 9. The van der Waals surface area contributed by atoms with Crippen LogP contribution in [0, 0.1) is 0 Å². The molecule has 1 heterocycles. The largest absolute Gasteiger partial charge is 0.458 e. The van der Waals surface area contributed by atoms with Gasteiger partial charge in [-0.3, -0.25) is 4.79 Å². The third-order valence-corrected chi connectivity index (χ3v) is 6.08. The van der Waals surface area contributed by atoms with Crippen LogP contribution >= 0.6 is 34.7 Å². The lowest BCUT2D eigenvalue weighted by atomic mass is 10.1. The van der Waals surface area contributed by atoms with Crippen molar-refractivity contribution in [2.45, 2.75) is 19.1 Å². The van der Waals surface area contributed by atoms with Gasteiger partial charge in [-0.25, -0.2) is 9.78 Å². The van der Waals surface area contributed by atoms with Crippen LogP contribution in [0.1, 0.15) is 22.5 Å². The lowest BCUT2D eigenvalue weighted by molar-refractivity contribution is -0.147. The first-order valence-electron chi connectivity index (χ1n) is 9.28. The number of esters is 1. The van der Waals surface area contributed by atoms with Crippen LogP contribution in [-0.4, -0.2) is 34.9 Å². The van der Waals surface area contributed by atoms with Crippen molar-refractivity contribution in [2.75, 3.05) is 12.0 Å². The van der Waals surface area contributed by atoms with Gasteiger partial charge < -0.3 is 10.1 Å². The van der Waals surface area contributed by atoms with E-state index in [4.69, 9.17) is 16.3 Å². The van der Waals surface area contributed by atoms with Crippen LogP contribution in [-0.2, 0) is 16.1 Å². The van der Waals surface area contributed by atoms with Gasteiger partial charge in [0.1, 0.15) is 17.7 Å². The molecule has 0 unspecified atom stereocenters. The fourth-order valence-electron chi connectivity index (χ4n) is 2.66. The summed E-state index contributed by atoms with van der Waals surface area (Å²) in [4.78, 5) is 29.6. The van der Waals surface area contributed by atoms with Crippen LogP contribution in [0.4, 0.5) is 0 Å². The van der Waals surface area contributed by atoms with Crippen molar-refractivity contribution in [3.63, 3.8) is 0 Å². The normalized spacial score (nSPS) is 11.7. The Morgan fingerprint density at radius 3 is 2.60 bits per heavy atom. The van der Waals surface area contributed by atoms with Crippen molar-refractivity contribution in [1.29, 1.82) is 0 Å². The Morgan fingerprint density at radius 2 is 1.90 bits per heavy atom. The van der Waals surface area contributed by atoms with E-state index >= 15 is 0 Å². The van der Waals surface area contributed by atoms with Gasteiger partial charge in [0.25, 0.3) is 5.91 Å². The molecular weight excluding hydrogens is 440 g/mol. The van der Waals surface area contributed by atoms with Crippen molar-refractivity contribution < 1.29 is 14.3 Å². The molecule has 30 heavy (non-hydrogen) atoms. The topological polar surface area (TPSA) is 68.3 Å². The number of ether oxygens (including phenoxy) is 1. The number of thiazole rings is 1. The van der Waals surface area contributed by atoms with Gasteiger partial charge in [-0.15, -0.1) is 11.3 Å². The number of hydrogen-bond donors (Lipinski definition) is 1. The van der Waals surface area contributed by atoms with Crippen LogP contribution in [0.3, 0.4) is 0 Å². The second kappa shape index (κ2) is 11.2. The number of carbonyl (C=O) groups excluding carboxylic acids is 2. The van der Waals surface area contributed by atoms with E-state index in [0.29, 0.717) is 22.7 Å². The Bertz CT molecular complexity index is 978. The van der Waals surface area contributed by atoms with Crippen molar-refractivity contribution in [3.05, 3.63) is 76.3 Å². The van der Waals surface area contributed by atoms with E-state index in [0.717, 1.165) is 16.3 Å². The Kier molecular flexibility index (Phi) is 8.30. The lowest BCUT2D eigenvalue weighted by Gasteiger charge is -2.17. The Hall–Kier alpha value is -2.35. The predicted molar refractivity (Wildman–Crippen MR) is 123 cm³/mol. The zero-order valence-corrected chi connectivity index (χ0v) is 18.7. The fourth-order valence-corrected chi connectivity index (χ4v) is 4.07. The number of halogens is 1. The number of nitrogens with zero attached hydrogens (tertiary/aromatic N) is 1. The van der Waals surface area contributed by atoms with Crippen molar-refractivity contribution in [2.24, 2.45) is 0 Å². The number of benzene rings is 2. The highest BCUT2D eigenvalue weighted by atomic mass is 35.5. The molecule has 0 aliphatic heterocycles. The number of thioether (sulfide) groups is 1. The maximum Gasteiger partial charge on any atom is 0.329 e. The third kappa shape index (κ3) is 6.32. The van der Waals surface area contributed by atoms with E-state index in [2.05, 4.69) is 10.3 Å². The summed E-state index contributed by atoms with van der Waals surface area (Å²) in [5, 5.41) is 6.06. The molecule has 0 bridgehead atoms. The van der Waals surface area contributed by atoms with E-state index in [-0.39, 0.29) is 12.5 Å². The molecule has 0 saturated heterocycles. The maximum absolute atomic E-state index is 12.6. The molecule has 3 rings (SSSR count). The first-order valence-corrected chi connectivity index (χ1v) is 11.9. The number of aromatic nitrogens is 1. The molecule has 0 fully saturated rings. The summed E-state index contributed by atoms with van der Waals surface area (Å²) in [7, 11) is 0. The standard InChI is InChI=1S/C22H21ClN2O3S2/c1-29-12-11-19(25-20(26)15-7-9-17(23)10-8-15)22(27)28-13-18-14-30-21(24-18)16-5-3-2-4-6-16/h2-10,14,19H,11-13H2,1H3,(H,25,26)/t19-/m0/s1. The molecule has 1 N–H and O–H groups in total. The Morgan fingerprint density at radius 1 is 1.17 bits per heavy atom. The van der Waals surface area contributed by atoms with Crippen LogP contribution in [0.25, 0.3) is 10.6 Å². The monoisotopic (exact) mass is 460 g/mol. The molecule has 1 atom stereocenters. The van der Waals surface area contributed by atoms with Crippen molar-refractivity contribution in [3.8, 4) is 10.6 Å². The highest BCUT2D eigenvalue weighted by molar-refractivity contribution is 7.98. The molecule has 5 nitrogen and oxygen atoms in total. The lowest BCUT2D eigenvalue weighted by Crippen LogP contribution is -2.42. The van der Waals surface area contributed by atoms with Crippen LogP contribution < -0.4 is 5.32 Å². The SMILES string of the molecule is CSCC[C@H](NC(=O)c1ccc(Cl)cc1)C(=O)OCc1csc(-c2ccccc2)n1. The average Bonchev–Trinajstić information content (AvgIpc) is 3.25. The maximum atomic E-state index is 12.6. The first-order chi connectivity index (χ1) is 14.6. The minimum absolute atomic E-state index is 0.0642. The van der Waals surface area contributed by atoms with Crippen LogP contribution in [0.5, 0.6) is 0 Å². The number of hydrogen-bond acceptors (Lipinski definition) is 6. The number of amides is 1. The van der Waals surface area contributed by atoms with Gasteiger partial charge in [-0.1, -0.05) is 41.9 Å². The summed E-state index contributed by atoms with van der Waals surface area (Å²) in [6.45, 7) is 0.0642. The molecule has 2 aromatic carbocycles. The second-order valence-electron chi connectivity index (χ2n) is 6.43. The van der Waals surface area contributed by atoms with E-state index in [1.165, 1.54) is 11.3 Å². The van der Waals surface area contributed by atoms with Crippen LogP contribution in [0.2, 0.25) is 5.02 Å². The summed E-state index contributed by atoms with van der Waals surface area (Å²) < 4.78 is 5.45.